The van der Waals surface area contributed by atoms with E-state index in [1.807, 2.05) is 12.1 Å². The van der Waals surface area contributed by atoms with Gasteiger partial charge in [-0.2, -0.15) is 0 Å². The van der Waals surface area contributed by atoms with Crippen molar-refractivity contribution >= 4 is 12.9 Å². The number of hydrogen-bond acceptors (Lipinski definition) is 3. The molecule has 3 nitrogen and oxygen atoms in total. The minimum atomic E-state index is 0.133. The molecule has 3 rings (SSSR count). The van der Waals surface area contributed by atoms with E-state index in [1.54, 1.807) is 0 Å². The van der Waals surface area contributed by atoms with Crippen LogP contribution >= 0.6 is 0 Å². The highest BCUT2D eigenvalue weighted by atomic mass is 16.5. The topological polar surface area (TPSA) is 32.7 Å². The lowest BCUT2D eigenvalue weighted by atomic mass is 9.87. The zero-order valence-corrected chi connectivity index (χ0v) is 10.0. The Morgan fingerprint density at radius 3 is 2.53 bits per heavy atom. The van der Waals surface area contributed by atoms with Crippen molar-refractivity contribution in [1.29, 1.82) is 0 Å². The molecule has 2 saturated heterocycles. The molecule has 0 aliphatic carbocycles. The molecule has 2 bridgehead atoms. The molecular weight excluding hydrogens is 213 g/mol. The highest BCUT2D eigenvalue weighted by Gasteiger charge is 2.41. The van der Waals surface area contributed by atoms with E-state index < -0.39 is 0 Å². The van der Waals surface area contributed by atoms with Crippen molar-refractivity contribution in [3.05, 3.63) is 29.8 Å². The van der Waals surface area contributed by atoms with Gasteiger partial charge < -0.3 is 9.76 Å². The number of fused-ring (bicyclic) bond motifs is 2. The second-order valence-corrected chi connectivity index (χ2v) is 5.04. The summed E-state index contributed by atoms with van der Waals surface area (Å²) in [7, 11) is 0.133. The third kappa shape index (κ3) is 2.25. The van der Waals surface area contributed by atoms with Crippen LogP contribution in [-0.4, -0.2) is 49.2 Å². The lowest BCUT2D eigenvalue weighted by molar-refractivity contribution is -0.126. The fourth-order valence-corrected chi connectivity index (χ4v) is 2.85. The maximum absolute atomic E-state index is 8.98. The van der Waals surface area contributed by atoms with E-state index in [-0.39, 0.29) is 7.48 Å². The Kier molecular flexibility index (Phi) is 3.18. The van der Waals surface area contributed by atoms with Gasteiger partial charge in [0.05, 0.1) is 13.2 Å². The molecule has 0 saturated carbocycles. The van der Waals surface area contributed by atoms with Crippen molar-refractivity contribution in [2.45, 2.75) is 24.9 Å². The molecule has 2 aliphatic heterocycles. The molecular formula is C13H18BNO2. The van der Waals surface area contributed by atoms with Gasteiger partial charge in [-0.25, -0.2) is 0 Å². The second kappa shape index (κ2) is 4.80. The summed E-state index contributed by atoms with van der Waals surface area (Å²) in [4.78, 5) is 2.57. The van der Waals surface area contributed by atoms with Crippen LogP contribution in [0.5, 0.6) is 0 Å². The molecule has 0 spiro atoms. The maximum Gasteiger partial charge on any atom is 0.304 e. The van der Waals surface area contributed by atoms with Gasteiger partial charge in [-0.15, -0.1) is 0 Å². The van der Waals surface area contributed by atoms with Crippen LogP contribution in [0.15, 0.2) is 24.3 Å². The number of benzene rings is 1. The molecule has 1 aromatic rings. The first-order chi connectivity index (χ1) is 8.36. The van der Waals surface area contributed by atoms with Crippen molar-refractivity contribution in [3.8, 4) is 0 Å². The SMILES string of the molecule is OBc1ccc(CCN2C3COCC2C3)cc1. The molecule has 1 N–H and O–H groups in total. The Labute approximate surface area is 103 Å². The Balaban J connectivity index is 1.53. The monoisotopic (exact) mass is 231 g/mol. The zero-order chi connectivity index (χ0) is 11.7. The number of rotatable bonds is 4. The smallest absolute Gasteiger partial charge is 0.304 e. The van der Waals surface area contributed by atoms with E-state index in [1.165, 1.54) is 12.0 Å². The third-order valence-electron chi connectivity index (χ3n) is 3.97. The summed E-state index contributed by atoms with van der Waals surface area (Å²) in [6.07, 6.45) is 2.42. The van der Waals surface area contributed by atoms with Crippen LogP contribution in [0, 0.1) is 0 Å². The van der Waals surface area contributed by atoms with E-state index in [2.05, 4.69) is 17.0 Å². The molecule has 90 valence electrons. The summed E-state index contributed by atoms with van der Waals surface area (Å²) in [6.45, 7) is 2.97. The Morgan fingerprint density at radius 2 is 1.94 bits per heavy atom. The first-order valence-electron chi connectivity index (χ1n) is 6.39. The highest BCUT2D eigenvalue weighted by Crippen LogP contribution is 2.30. The molecule has 17 heavy (non-hydrogen) atoms. The van der Waals surface area contributed by atoms with Crippen molar-refractivity contribution < 1.29 is 9.76 Å². The highest BCUT2D eigenvalue weighted by molar-refractivity contribution is 6.45. The van der Waals surface area contributed by atoms with E-state index in [4.69, 9.17) is 9.76 Å². The molecule has 1 aromatic carbocycles. The molecule has 2 atom stereocenters. The van der Waals surface area contributed by atoms with Crippen molar-refractivity contribution in [3.63, 3.8) is 0 Å². The molecule has 0 aromatic heterocycles. The van der Waals surface area contributed by atoms with Crippen LogP contribution in [0.25, 0.3) is 0 Å². The molecule has 4 heteroatoms. The minimum Gasteiger partial charge on any atom is -0.449 e. The normalized spacial score (nSPS) is 27.6. The molecule has 2 unspecified atom stereocenters. The fraction of sp³-hybridized carbons (Fsp3) is 0.538. The second-order valence-electron chi connectivity index (χ2n) is 5.04. The summed E-state index contributed by atoms with van der Waals surface area (Å²) in [5, 5.41) is 8.98. The van der Waals surface area contributed by atoms with Crippen LogP contribution in [0.3, 0.4) is 0 Å². The third-order valence-corrected chi connectivity index (χ3v) is 3.97. The summed E-state index contributed by atoms with van der Waals surface area (Å²) in [6, 6.07) is 9.61. The van der Waals surface area contributed by atoms with E-state index in [0.717, 1.165) is 31.6 Å². The molecule has 2 fully saturated rings. The summed E-state index contributed by atoms with van der Waals surface area (Å²) in [5.74, 6) is 0. The largest absolute Gasteiger partial charge is 0.449 e. The number of morpholine rings is 1. The summed E-state index contributed by atoms with van der Waals surface area (Å²) in [5.41, 5.74) is 2.34. The van der Waals surface area contributed by atoms with E-state index >= 15 is 0 Å². The van der Waals surface area contributed by atoms with Crippen LogP contribution < -0.4 is 5.46 Å². The molecule has 2 heterocycles. The Hall–Kier alpha value is -0.835. The predicted molar refractivity (Wildman–Crippen MR) is 68.9 cm³/mol. The average Bonchev–Trinajstić information content (AvgIpc) is 2.40. The van der Waals surface area contributed by atoms with Gasteiger partial charge >= 0.3 is 7.48 Å². The van der Waals surface area contributed by atoms with Gasteiger partial charge in [-0.3, -0.25) is 4.90 Å². The van der Waals surface area contributed by atoms with Crippen LogP contribution in [-0.2, 0) is 11.2 Å². The summed E-state index contributed by atoms with van der Waals surface area (Å²) < 4.78 is 5.47. The van der Waals surface area contributed by atoms with Crippen LogP contribution in [0.4, 0.5) is 0 Å². The van der Waals surface area contributed by atoms with Gasteiger partial charge in [0.1, 0.15) is 0 Å². The van der Waals surface area contributed by atoms with Gasteiger partial charge in [0, 0.05) is 18.6 Å². The number of nitrogens with zero attached hydrogens (tertiary/aromatic N) is 1. The lowest BCUT2D eigenvalue weighted by Crippen LogP contribution is -2.63. The predicted octanol–water partition coefficient (Wildman–Crippen LogP) is -0.329. The minimum absolute atomic E-state index is 0.133. The number of hydrogen-bond donors (Lipinski definition) is 1. The van der Waals surface area contributed by atoms with Crippen LogP contribution in [0.1, 0.15) is 12.0 Å². The maximum atomic E-state index is 8.98. The summed E-state index contributed by atoms with van der Waals surface area (Å²) >= 11 is 0. The van der Waals surface area contributed by atoms with Crippen LogP contribution in [0.2, 0.25) is 0 Å². The van der Waals surface area contributed by atoms with Gasteiger partial charge in [0.2, 0.25) is 0 Å². The quantitative estimate of drug-likeness (QED) is 0.720. The van der Waals surface area contributed by atoms with Gasteiger partial charge in [-0.1, -0.05) is 29.7 Å². The average molecular weight is 231 g/mol. The van der Waals surface area contributed by atoms with Crippen molar-refractivity contribution in [2.75, 3.05) is 19.8 Å². The van der Waals surface area contributed by atoms with Gasteiger partial charge in [0.15, 0.2) is 0 Å². The lowest BCUT2D eigenvalue weighted by Gasteiger charge is -2.52. The molecule has 0 radical (unpaired) electrons. The van der Waals surface area contributed by atoms with Crippen molar-refractivity contribution in [2.24, 2.45) is 0 Å². The van der Waals surface area contributed by atoms with Crippen molar-refractivity contribution in [1.82, 2.24) is 4.90 Å². The molecule has 2 aliphatic rings. The first kappa shape index (κ1) is 11.3. The standard InChI is InChI=1S/C13H18BNO2/c16-14-11-3-1-10(2-4-11)5-6-15-12-7-13(15)9-17-8-12/h1-4,12-14,16H,5-9H2. The van der Waals surface area contributed by atoms with Gasteiger partial charge in [-0.05, 0) is 18.4 Å². The van der Waals surface area contributed by atoms with Gasteiger partial charge in [0.25, 0.3) is 0 Å². The van der Waals surface area contributed by atoms with E-state index in [0.29, 0.717) is 12.1 Å². The Bertz CT molecular complexity index is 368. The van der Waals surface area contributed by atoms with E-state index in [9.17, 15) is 0 Å². The zero-order valence-electron chi connectivity index (χ0n) is 10.0. The first-order valence-corrected chi connectivity index (χ1v) is 6.39. The number of ether oxygens (including phenoxy) is 1. The Morgan fingerprint density at radius 1 is 1.24 bits per heavy atom. The molecule has 0 amide bonds. The fourth-order valence-electron chi connectivity index (χ4n) is 2.85.